The largest absolute Gasteiger partial charge is 0.253 e. The lowest BCUT2D eigenvalue weighted by Gasteiger charge is -2.39. The first-order valence-electron chi connectivity index (χ1n) is 18.5. The third-order valence-corrected chi connectivity index (χ3v) is 8.51. The van der Waals surface area contributed by atoms with E-state index in [1.165, 1.54) is 22.6 Å². The summed E-state index contributed by atoms with van der Waals surface area (Å²) in [5.74, 6) is 2.09. The Morgan fingerprint density at radius 3 is 1.02 bits per heavy atom. The van der Waals surface area contributed by atoms with Gasteiger partial charge in [0.15, 0.2) is 0 Å². The zero-order chi connectivity index (χ0) is 34.5. The molecule has 0 fully saturated rings. The lowest BCUT2D eigenvalue weighted by Crippen LogP contribution is -2.54. The Morgan fingerprint density at radius 1 is 0.447 bits per heavy atom. The predicted octanol–water partition coefficient (Wildman–Crippen LogP) is 9.42. The van der Waals surface area contributed by atoms with Gasteiger partial charge in [0.1, 0.15) is 0 Å². The monoisotopic (exact) mass is 641 g/mol. The molecule has 0 aliphatic heterocycles. The Balaban J connectivity index is 2.22. The van der Waals surface area contributed by atoms with Gasteiger partial charge in [0.25, 0.3) is 5.79 Å². The first-order chi connectivity index (χ1) is 22.2. The van der Waals surface area contributed by atoms with Gasteiger partial charge in [-0.2, -0.15) is 15.3 Å². The van der Waals surface area contributed by atoms with Crippen molar-refractivity contribution in [3.8, 4) is 0 Å². The standard InChI is InChI=1S/C41H64N6/c1-28(2)18-35-24-38(21-31(7)8)45(42-35)41(27-34-16-14-13-15-17-34,46-39(22-32(9)10)25-36(43-46)19-29(3)4)47-40(23-33(11)12)26-37(44-47)20-30(5)6/h13-17,24-26,28-33H,18-23,27H2,1-12H3. The Hall–Kier alpha value is -3.15. The van der Waals surface area contributed by atoms with Crippen molar-refractivity contribution in [2.24, 2.45) is 35.5 Å². The van der Waals surface area contributed by atoms with Crippen LogP contribution in [0, 0.1) is 35.5 Å². The van der Waals surface area contributed by atoms with Crippen LogP contribution in [0.5, 0.6) is 0 Å². The highest BCUT2D eigenvalue weighted by Gasteiger charge is 2.45. The fourth-order valence-electron chi connectivity index (χ4n) is 6.96. The second kappa shape index (κ2) is 15.8. The van der Waals surface area contributed by atoms with Crippen molar-refractivity contribution in [1.29, 1.82) is 0 Å². The van der Waals surface area contributed by atoms with E-state index in [2.05, 4.69) is 146 Å². The Bertz CT molecular complexity index is 1380. The van der Waals surface area contributed by atoms with Crippen LogP contribution in [0.15, 0.2) is 48.5 Å². The summed E-state index contributed by atoms with van der Waals surface area (Å²) in [5, 5.41) is 16.8. The molecule has 0 amide bonds. The molecule has 0 saturated carbocycles. The summed E-state index contributed by atoms with van der Waals surface area (Å²) in [5.41, 5.74) is 8.43. The van der Waals surface area contributed by atoms with Crippen LogP contribution >= 0.6 is 0 Å². The topological polar surface area (TPSA) is 53.5 Å². The molecule has 3 heterocycles. The van der Waals surface area contributed by atoms with Crippen molar-refractivity contribution in [2.75, 3.05) is 0 Å². The van der Waals surface area contributed by atoms with Crippen LogP contribution < -0.4 is 0 Å². The first kappa shape index (κ1) is 36.7. The minimum Gasteiger partial charge on any atom is -0.221 e. The van der Waals surface area contributed by atoms with E-state index < -0.39 is 5.79 Å². The number of aromatic nitrogens is 6. The van der Waals surface area contributed by atoms with E-state index in [1.807, 2.05) is 0 Å². The van der Waals surface area contributed by atoms with Crippen LogP contribution in [0.25, 0.3) is 0 Å². The number of hydrogen-bond donors (Lipinski definition) is 0. The van der Waals surface area contributed by atoms with Crippen molar-refractivity contribution < 1.29 is 0 Å². The summed E-state index contributed by atoms with van der Waals surface area (Å²) in [6, 6.07) is 18.1. The van der Waals surface area contributed by atoms with Gasteiger partial charge in [0.2, 0.25) is 0 Å². The summed E-state index contributed by atoms with van der Waals surface area (Å²) >= 11 is 0. The van der Waals surface area contributed by atoms with Gasteiger partial charge in [0.05, 0.1) is 17.1 Å². The van der Waals surface area contributed by atoms with E-state index in [-0.39, 0.29) is 0 Å². The molecule has 4 aromatic rings. The highest BCUT2D eigenvalue weighted by Crippen LogP contribution is 2.35. The van der Waals surface area contributed by atoms with Gasteiger partial charge in [-0.3, -0.25) is 0 Å². The van der Waals surface area contributed by atoms with Crippen molar-refractivity contribution >= 4 is 0 Å². The molecule has 0 saturated heterocycles. The van der Waals surface area contributed by atoms with Crippen LogP contribution in [0.1, 0.15) is 123 Å². The molecule has 6 nitrogen and oxygen atoms in total. The van der Waals surface area contributed by atoms with E-state index in [4.69, 9.17) is 15.3 Å². The number of nitrogens with zero attached hydrogens (tertiary/aromatic N) is 6. The maximum atomic E-state index is 5.60. The summed E-state index contributed by atoms with van der Waals surface area (Å²) in [4.78, 5) is 0. The molecule has 4 rings (SSSR count). The number of hydrogen-bond acceptors (Lipinski definition) is 3. The van der Waals surface area contributed by atoms with Crippen molar-refractivity contribution in [3.05, 3.63) is 88.3 Å². The molecule has 3 aromatic heterocycles. The number of benzene rings is 1. The van der Waals surface area contributed by atoms with Crippen LogP contribution in [-0.2, 0) is 50.7 Å². The summed E-state index contributed by atoms with van der Waals surface area (Å²) in [6.07, 6.45) is 6.29. The summed E-state index contributed by atoms with van der Waals surface area (Å²) in [6.45, 7) is 27.6. The van der Waals surface area contributed by atoms with Crippen molar-refractivity contribution in [3.63, 3.8) is 0 Å². The minimum absolute atomic E-state index is 0.472. The van der Waals surface area contributed by atoms with E-state index in [9.17, 15) is 0 Å². The normalized spacial score (nSPS) is 12.7. The van der Waals surface area contributed by atoms with E-state index in [0.717, 1.165) is 55.6 Å². The number of rotatable bonds is 17. The molecule has 1 aromatic carbocycles. The molecule has 0 radical (unpaired) electrons. The third kappa shape index (κ3) is 9.27. The zero-order valence-electron chi connectivity index (χ0n) is 31.7. The summed E-state index contributed by atoms with van der Waals surface area (Å²) in [7, 11) is 0. The lowest BCUT2D eigenvalue weighted by molar-refractivity contribution is 0.0989. The zero-order valence-corrected chi connectivity index (χ0v) is 31.7. The average molecular weight is 641 g/mol. The Labute approximate surface area is 286 Å². The second-order valence-corrected chi connectivity index (χ2v) is 16.6. The first-order valence-corrected chi connectivity index (χ1v) is 18.5. The lowest BCUT2D eigenvalue weighted by atomic mass is 10.0. The Morgan fingerprint density at radius 2 is 0.745 bits per heavy atom. The van der Waals surface area contributed by atoms with Gasteiger partial charge in [-0.1, -0.05) is 113 Å². The van der Waals surface area contributed by atoms with Crippen molar-refractivity contribution in [1.82, 2.24) is 29.3 Å². The molecule has 258 valence electrons. The SMILES string of the molecule is CC(C)Cc1cc(CC(C)C)n(C(Cc2ccccc2)(n2nc(CC(C)C)cc2CC(C)C)n2nc(CC(C)C)cc2CC(C)C)n1. The van der Waals surface area contributed by atoms with Crippen molar-refractivity contribution in [2.45, 2.75) is 134 Å². The molecule has 0 N–H and O–H groups in total. The second-order valence-electron chi connectivity index (χ2n) is 16.6. The van der Waals surface area contributed by atoms with E-state index >= 15 is 0 Å². The molecule has 0 unspecified atom stereocenters. The maximum absolute atomic E-state index is 5.60. The fraction of sp³-hybridized carbons (Fsp3) is 0.634. The molecule has 6 heteroatoms. The molecular formula is C41H64N6. The van der Waals surface area contributed by atoms with E-state index in [1.54, 1.807) is 0 Å². The molecule has 47 heavy (non-hydrogen) atoms. The molecule has 0 spiro atoms. The maximum Gasteiger partial charge on any atom is 0.253 e. The van der Waals surface area contributed by atoms with Gasteiger partial charge in [0, 0.05) is 23.5 Å². The highest BCUT2D eigenvalue weighted by molar-refractivity contribution is 5.26. The fourth-order valence-corrected chi connectivity index (χ4v) is 6.96. The minimum atomic E-state index is -0.848. The molecule has 0 aliphatic rings. The molecular weight excluding hydrogens is 576 g/mol. The van der Waals surface area contributed by atoms with E-state index in [0.29, 0.717) is 41.9 Å². The van der Waals surface area contributed by atoms with Gasteiger partial charge in [-0.05, 0) is 97.8 Å². The molecule has 0 aliphatic carbocycles. The average Bonchev–Trinajstić information content (AvgIpc) is 3.63. The van der Waals surface area contributed by atoms with Crippen LogP contribution in [0.4, 0.5) is 0 Å². The van der Waals surface area contributed by atoms with Gasteiger partial charge in [-0.15, -0.1) is 0 Å². The molecule has 0 bridgehead atoms. The summed E-state index contributed by atoms with van der Waals surface area (Å²) < 4.78 is 7.09. The predicted molar refractivity (Wildman–Crippen MR) is 197 cm³/mol. The van der Waals surface area contributed by atoms with Gasteiger partial charge >= 0.3 is 0 Å². The van der Waals surface area contributed by atoms with Crippen LogP contribution in [0.2, 0.25) is 0 Å². The van der Waals surface area contributed by atoms with Gasteiger partial charge in [-0.25, -0.2) is 14.0 Å². The smallest absolute Gasteiger partial charge is 0.221 e. The van der Waals surface area contributed by atoms with Crippen LogP contribution in [-0.4, -0.2) is 29.3 Å². The van der Waals surface area contributed by atoms with Crippen LogP contribution in [0.3, 0.4) is 0 Å². The molecule has 0 atom stereocenters. The highest BCUT2D eigenvalue weighted by atomic mass is 15.6. The van der Waals surface area contributed by atoms with Gasteiger partial charge < -0.3 is 0 Å². The Kier molecular flexibility index (Phi) is 12.4. The quantitative estimate of drug-likeness (QED) is 0.116. The third-order valence-electron chi connectivity index (χ3n) is 8.51.